The van der Waals surface area contributed by atoms with E-state index in [4.69, 9.17) is 0 Å². The van der Waals surface area contributed by atoms with Crippen LogP contribution in [0.3, 0.4) is 0 Å². The van der Waals surface area contributed by atoms with Crippen LogP contribution in [-0.4, -0.2) is 10.9 Å². The van der Waals surface area contributed by atoms with Crippen LogP contribution < -0.4 is 5.32 Å². The third-order valence-corrected chi connectivity index (χ3v) is 3.64. The summed E-state index contributed by atoms with van der Waals surface area (Å²) in [6.07, 6.45) is -4.74. The Morgan fingerprint density at radius 1 is 1.00 bits per heavy atom. The minimum absolute atomic E-state index is 0.0799. The maximum Gasteiger partial charge on any atom is 0.416 e. The first-order valence-electron chi connectivity index (χ1n) is 7.16. The molecule has 8 heteroatoms. The van der Waals surface area contributed by atoms with Gasteiger partial charge in [-0.3, -0.25) is 4.79 Å². The number of carbonyl (C=O) groups excluding carboxylic acids is 1. The van der Waals surface area contributed by atoms with Crippen LogP contribution in [0, 0.1) is 11.6 Å². The molecule has 1 aromatic heterocycles. The molecular weight excluding hydrogens is 343 g/mol. The molecule has 0 radical (unpaired) electrons. The van der Waals surface area contributed by atoms with Crippen LogP contribution in [0.4, 0.5) is 22.0 Å². The smallest absolute Gasteiger partial charge is 0.351 e. The van der Waals surface area contributed by atoms with Crippen molar-refractivity contribution >= 4 is 16.8 Å². The summed E-state index contributed by atoms with van der Waals surface area (Å²) in [5, 5.41) is 2.80. The molecular formula is C17H11F5N2O. The second-order valence-electron chi connectivity index (χ2n) is 5.40. The molecule has 0 spiro atoms. The van der Waals surface area contributed by atoms with Gasteiger partial charge in [0.05, 0.1) is 5.56 Å². The molecule has 2 aromatic carbocycles. The largest absolute Gasteiger partial charge is 0.416 e. The zero-order chi connectivity index (χ0) is 18.2. The molecule has 3 aromatic rings. The number of amides is 1. The molecule has 1 amide bonds. The Kier molecular flexibility index (Phi) is 4.20. The van der Waals surface area contributed by atoms with E-state index in [0.29, 0.717) is 17.0 Å². The number of carbonyl (C=O) groups is 1. The van der Waals surface area contributed by atoms with E-state index in [-0.39, 0.29) is 11.3 Å². The predicted octanol–water partition coefficient (Wildman–Crippen LogP) is 4.39. The SMILES string of the molecule is O=C(NCc1ccc(F)cc1C(F)(F)F)c1cc2cc(F)ccc2[nH]1. The van der Waals surface area contributed by atoms with Crippen molar-refractivity contribution in [1.29, 1.82) is 0 Å². The van der Waals surface area contributed by atoms with Gasteiger partial charge in [0, 0.05) is 17.4 Å². The quantitative estimate of drug-likeness (QED) is 0.673. The predicted molar refractivity (Wildman–Crippen MR) is 80.8 cm³/mol. The van der Waals surface area contributed by atoms with Crippen molar-refractivity contribution in [2.24, 2.45) is 0 Å². The Morgan fingerprint density at radius 3 is 2.40 bits per heavy atom. The van der Waals surface area contributed by atoms with Gasteiger partial charge in [-0.15, -0.1) is 0 Å². The lowest BCUT2D eigenvalue weighted by Gasteiger charge is -2.13. The van der Waals surface area contributed by atoms with Crippen LogP contribution >= 0.6 is 0 Å². The van der Waals surface area contributed by atoms with Crippen molar-refractivity contribution in [3.05, 3.63) is 70.9 Å². The first-order chi connectivity index (χ1) is 11.7. The van der Waals surface area contributed by atoms with E-state index in [1.807, 2.05) is 0 Å². The van der Waals surface area contributed by atoms with Gasteiger partial charge in [-0.05, 0) is 42.0 Å². The standard InChI is InChI=1S/C17H11F5N2O/c18-11-3-4-14-10(5-11)6-15(24-14)16(25)23-8-9-1-2-12(19)7-13(9)17(20,21)22/h1-7,24H,8H2,(H,23,25). The molecule has 0 bridgehead atoms. The molecule has 0 aliphatic carbocycles. The zero-order valence-electron chi connectivity index (χ0n) is 12.5. The highest BCUT2D eigenvalue weighted by Crippen LogP contribution is 2.32. The van der Waals surface area contributed by atoms with Gasteiger partial charge < -0.3 is 10.3 Å². The summed E-state index contributed by atoms with van der Waals surface area (Å²) in [4.78, 5) is 14.9. The van der Waals surface area contributed by atoms with Gasteiger partial charge >= 0.3 is 6.18 Å². The van der Waals surface area contributed by atoms with Crippen LogP contribution in [0.5, 0.6) is 0 Å². The van der Waals surface area contributed by atoms with Crippen molar-refractivity contribution < 1.29 is 26.7 Å². The minimum Gasteiger partial charge on any atom is -0.351 e. The summed E-state index contributed by atoms with van der Waals surface area (Å²) in [6, 6.07) is 7.53. The summed E-state index contributed by atoms with van der Waals surface area (Å²) in [7, 11) is 0. The number of rotatable bonds is 3. The average Bonchev–Trinajstić information content (AvgIpc) is 2.95. The second-order valence-corrected chi connectivity index (χ2v) is 5.40. The maximum absolute atomic E-state index is 13.2. The van der Waals surface area contributed by atoms with Crippen LogP contribution in [0.15, 0.2) is 42.5 Å². The fourth-order valence-corrected chi connectivity index (χ4v) is 2.46. The van der Waals surface area contributed by atoms with Gasteiger partial charge in [0.25, 0.3) is 5.91 Å². The fraction of sp³-hybridized carbons (Fsp3) is 0.118. The molecule has 130 valence electrons. The summed E-state index contributed by atoms with van der Waals surface area (Å²) < 4.78 is 65.0. The van der Waals surface area contributed by atoms with Crippen molar-refractivity contribution in [1.82, 2.24) is 10.3 Å². The molecule has 0 fully saturated rings. The molecule has 3 nitrogen and oxygen atoms in total. The molecule has 0 aliphatic rings. The van der Waals surface area contributed by atoms with E-state index in [1.165, 1.54) is 24.3 Å². The number of aromatic nitrogens is 1. The Morgan fingerprint density at radius 2 is 1.68 bits per heavy atom. The summed E-state index contributed by atoms with van der Waals surface area (Å²) in [5.41, 5.74) is -0.809. The van der Waals surface area contributed by atoms with Crippen molar-refractivity contribution in [2.45, 2.75) is 12.7 Å². The van der Waals surface area contributed by atoms with Gasteiger partial charge in [-0.1, -0.05) is 6.07 Å². The van der Waals surface area contributed by atoms with Crippen LogP contribution in [0.25, 0.3) is 10.9 Å². The van der Waals surface area contributed by atoms with Crippen molar-refractivity contribution in [3.63, 3.8) is 0 Å². The highest BCUT2D eigenvalue weighted by Gasteiger charge is 2.33. The molecule has 2 N–H and O–H groups in total. The van der Waals surface area contributed by atoms with E-state index < -0.39 is 35.8 Å². The number of benzene rings is 2. The number of halogens is 5. The Hall–Kier alpha value is -2.90. The van der Waals surface area contributed by atoms with Crippen molar-refractivity contribution in [2.75, 3.05) is 0 Å². The van der Waals surface area contributed by atoms with E-state index >= 15 is 0 Å². The number of hydrogen-bond donors (Lipinski definition) is 2. The maximum atomic E-state index is 13.2. The normalized spacial score (nSPS) is 11.7. The molecule has 0 aliphatic heterocycles. The number of nitrogens with one attached hydrogen (secondary N) is 2. The molecule has 0 unspecified atom stereocenters. The average molecular weight is 354 g/mol. The number of H-pyrrole nitrogens is 1. The van der Waals surface area contributed by atoms with Crippen LogP contribution in [0.2, 0.25) is 0 Å². The number of hydrogen-bond acceptors (Lipinski definition) is 1. The monoisotopic (exact) mass is 354 g/mol. The molecule has 3 rings (SSSR count). The highest BCUT2D eigenvalue weighted by molar-refractivity contribution is 5.97. The molecule has 25 heavy (non-hydrogen) atoms. The van der Waals surface area contributed by atoms with Crippen LogP contribution in [0.1, 0.15) is 21.6 Å². The fourth-order valence-electron chi connectivity index (χ4n) is 2.46. The van der Waals surface area contributed by atoms with Gasteiger partial charge in [0.2, 0.25) is 0 Å². The highest BCUT2D eigenvalue weighted by atomic mass is 19.4. The molecule has 1 heterocycles. The number of aromatic amines is 1. The van der Waals surface area contributed by atoms with Gasteiger partial charge in [-0.2, -0.15) is 13.2 Å². The summed E-state index contributed by atoms with van der Waals surface area (Å²) in [5.74, 6) is -2.14. The summed E-state index contributed by atoms with van der Waals surface area (Å²) >= 11 is 0. The van der Waals surface area contributed by atoms with E-state index in [2.05, 4.69) is 10.3 Å². The summed E-state index contributed by atoms with van der Waals surface area (Å²) in [6.45, 7) is -0.433. The minimum atomic E-state index is -4.74. The second kappa shape index (κ2) is 6.19. The van der Waals surface area contributed by atoms with Gasteiger partial charge in [-0.25, -0.2) is 8.78 Å². The van der Waals surface area contributed by atoms with Gasteiger partial charge in [0.15, 0.2) is 0 Å². The lowest BCUT2D eigenvalue weighted by molar-refractivity contribution is -0.138. The van der Waals surface area contributed by atoms with Crippen LogP contribution in [-0.2, 0) is 12.7 Å². The molecule has 0 saturated heterocycles. The van der Waals surface area contributed by atoms with Gasteiger partial charge in [0.1, 0.15) is 17.3 Å². The van der Waals surface area contributed by atoms with Crippen molar-refractivity contribution in [3.8, 4) is 0 Å². The lowest BCUT2D eigenvalue weighted by Crippen LogP contribution is -2.24. The number of fused-ring (bicyclic) bond motifs is 1. The molecule has 0 saturated carbocycles. The Balaban J connectivity index is 1.80. The Bertz CT molecular complexity index is 946. The van der Waals surface area contributed by atoms with E-state index in [1.54, 1.807) is 0 Å². The number of alkyl halides is 3. The first kappa shape index (κ1) is 16.9. The van der Waals surface area contributed by atoms with E-state index in [0.717, 1.165) is 12.1 Å². The topological polar surface area (TPSA) is 44.9 Å². The first-order valence-corrected chi connectivity index (χ1v) is 7.16. The third-order valence-electron chi connectivity index (χ3n) is 3.64. The Labute approximate surface area is 138 Å². The molecule has 0 atom stereocenters. The lowest BCUT2D eigenvalue weighted by atomic mass is 10.1. The zero-order valence-corrected chi connectivity index (χ0v) is 12.5. The van der Waals surface area contributed by atoms with E-state index in [9.17, 15) is 26.7 Å². The third kappa shape index (κ3) is 3.62.